The fraction of sp³-hybridized carbons (Fsp3) is 0.500. The Morgan fingerprint density at radius 3 is 2.52 bits per heavy atom. The third-order valence-corrected chi connectivity index (χ3v) is 6.08. The largest absolute Gasteiger partial charge is 0.494 e. The van der Waals surface area contributed by atoms with Crippen molar-refractivity contribution >= 4 is 50.0 Å². The van der Waals surface area contributed by atoms with Gasteiger partial charge in [-0.05, 0) is 34.0 Å². The van der Waals surface area contributed by atoms with Crippen LogP contribution in [0, 0.1) is 5.92 Å². The van der Waals surface area contributed by atoms with E-state index in [0.29, 0.717) is 22.6 Å². The number of hydrogen-bond acceptors (Lipinski definition) is 4. The molecule has 1 saturated heterocycles. The summed E-state index contributed by atoms with van der Waals surface area (Å²) < 4.78 is 32.5. The zero-order chi connectivity index (χ0) is 15.1. The van der Waals surface area contributed by atoms with Gasteiger partial charge < -0.3 is 10.5 Å². The molecule has 1 aromatic rings. The number of methoxy groups -OCH3 is 1. The second-order valence-electron chi connectivity index (χ2n) is 4.88. The third-order valence-electron chi connectivity index (χ3n) is 3.43. The van der Waals surface area contributed by atoms with Crippen LogP contribution in [0.1, 0.15) is 6.92 Å². The van der Waals surface area contributed by atoms with Crippen LogP contribution in [-0.2, 0) is 10.0 Å². The Hall–Kier alpha value is -0.0500. The molecule has 21 heavy (non-hydrogen) atoms. The van der Waals surface area contributed by atoms with Crippen LogP contribution in [0.4, 0.5) is 0 Å². The molecule has 2 rings (SSSR count). The molecule has 1 aliphatic rings. The van der Waals surface area contributed by atoms with Gasteiger partial charge in [0.25, 0.3) is 0 Å². The maximum absolute atomic E-state index is 12.7. The van der Waals surface area contributed by atoms with Crippen molar-refractivity contribution in [3.63, 3.8) is 0 Å². The molecule has 5 nitrogen and oxygen atoms in total. The quantitative estimate of drug-likeness (QED) is 0.816. The third kappa shape index (κ3) is 3.65. The maximum atomic E-state index is 12.7. The number of sulfonamides is 1. The monoisotopic (exact) mass is 418 g/mol. The van der Waals surface area contributed by atoms with Crippen LogP contribution in [0.2, 0.25) is 5.02 Å². The number of nitrogens with zero attached hydrogens (tertiary/aromatic N) is 1. The minimum atomic E-state index is -3.68. The van der Waals surface area contributed by atoms with E-state index in [2.05, 4.69) is 15.9 Å². The van der Waals surface area contributed by atoms with Crippen LogP contribution in [-0.4, -0.2) is 39.0 Å². The van der Waals surface area contributed by atoms with Crippen molar-refractivity contribution in [1.82, 2.24) is 4.31 Å². The first-order valence-corrected chi connectivity index (χ1v) is 8.67. The number of rotatable bonds is 3. The lowest BCUT2D eigenvalue weighted by Gasteiger charge is -2.19. The summed E-state index contributed by atoms with van der Waals surface area (Å²) in [5, 5.41) is 0.327. The van der Waals surface area contributed by atoms with E-state index in [4.69, 9.17) is 22.1 Å². The van der Waals surface area contributed by atoms with Gasteiger partial charge in [0.05, 0.1) is 11.6 Å². The zero-order valence-corrected chi connectivity index (χ0v) is 15.5. The fourth-order valence-electron chi connectivity index (χ4n) is 2.21. The van der Waals surface area contributed by atoms with Crippen molar-refractivity contribution in [1.29, 1.82) is 0 Å². The SMILES string of the molecule is COc1c(Br)cc(Cl)cc1S(=O)(=O)N1CC(C)C(N)C1.Cl. The molecule has 9 heteroatoms. The standard InChI is InChI=1S/C12H16BrClN2O3S.ClH/c1-7-5-16(6-10(7)15)20(17,18)11-4-8(14)3-9(13)12(11)19-2;/h3-4,7,10H,5-6,15H2,1-2H3;1H. The van der Waals surface area contributed by atoms with Gasteiger partial charge in [-0.3, -0.25) is 0 Å². The van der Waals surface area contributed by atoms with Gasteiger partial charge in [0.15, 0.2) is 5.75 Å². The summed E-state index contributed by atoms with van der Waals surface area (Å²) in [6.07, 6.45) is 0. The molecule has 2 N–H and O–H groups in total. The highest BCUT2D eigenvalue weighted by Crippen LogP contribution is 2.37. The summed E-state index contributed by atoms with van der Waals surface area (Å²) in [4.78, 5) is 0.0562. The molecule has 0 bridgehead atoms. The molecule has 1 aromatic carbocycles. The van der Waals surface area contributed by atoms with E-state index in [1.807, 2.05) is 6.92 Å². The Labute approximate surface area is 144 Å². The van der Waals surface area contributed by atoms with Crippen LogP contribution in [0.25, 0.3) is 0 Å². The van der Waals surface area contributed by atoms with E-state index in [1.165, 1.54) is 17.5 Å². The Morgan fingerprint density at radius 1 is 1.43 bits per heavy atom. The molecule has 0 amide bonds. The van der Waals surface area contributed by atoms with Crippen LogP contribution in [0.3, 0.4) is 0 Å². The summed E-state index contributed by atoms with van der Waals surface area (Å²) in [6.45, 7) is 2.64. The molecule has 1 heterocycles. The summed E-state index contributed by atoms with van der Waals surface area (Å²) >= 11 is 9.22. The molecule has 0 aliphatic carbocycles. The predicted octanol–water partition coefficient (Wildman–Crippen LogP) is 2.50. The molecule has 2 atom stereocenters. The van der Waals surface area contributed by atoms with E-state index in [9.17, 15) is 8.42 Å². The van der Waals surface area contributed by atoms with Crippen molar-refractivity contribution in [2.75, 3.05) is 20.2 Å². The number of nitrogens with two attached hydrogens (primary N) is 1. The zero-order valence-electron chi connectivity index (χ0n) is 11.5. The smallest absolute Gasteiger partial charge is 0.246 e. The lowest BCUT2D eigenvalue weighted by atomic mass is 10.1. The molecule has 0 saturated carbocycles. The van der Waals surface area contributed by atoms with Gasteiger partial charge in [-0.2, -0.15) is 4.31 Å². The van der Waals surface area contributed by atoms with E-state index >= 15 is 0 Å². The first kappa shape index (κ1) is 19.0. The molecular weight excluding hydrogens is 403 g/mol. The van der Waals surface area contributed by atoms with E-state index in [0.717, 1.165) is 0 Å². The molecule has 120 valence electrons. The Kier molecular flexibility index (Phi) is 6.35. The highest BCUT2D eigenvalue weighted by molar-refractivity contribution is 9.10. The second-order valence-corrected chi connectivity index (χ2v) is 8.08. The highest BCUT2D eigenvalue weighted by Gasteiger charge is 2.37. The van der Waals surface area contributed by atoms with Gasteiger partial charge in [0.1, 0.15) is 4.90 Å². The van der Waals surface area contributed by atoms with Crippen LogP contribution < -0.4 is 10.5 Å². The van der Waals surface area contributed by atoms with Gasteiger partial charge in [-0.25, -0.2) is 8.42 Å². The van der Waals surface area contributed by atoms with Gasteiger partial charge in [0, 0.05) is 24.2 Å². The predicted molar refractivity (Wildman–Crippen MR) is 88.9 cm³/mol. The summed E-state index contributed by atoms with van der Waals surface area (Å²) in [5.41, 5.74) is 5.90. The van der Waals surface area contributed by atoms with Crippen LogP contribution in [0.15, 0.2) is 21.5 Å². The Balaban J connectivity index is 0.00000220. The van der Waals surface area contributed by atoms with Gasteiger partial charge >= 0.3 is 0 Å². The van der Waals surface area contributed by atoms with Crippen LogP contribution in [0.5, 0.6) is 5.75 Å². The van der Waals surface area contributed by atoms with Crippen molar-refractivity contribution in [2.24, 2.45) is 11.7 Å². The summed E-state index contributed by atoms with van der Waals surface area (Å²) in [7, 11) is -2.26. The van der Waals surface area contributed by atoms with E-state index < -0.39 is 10.0 Å². The molecule has 0 aromatic heterocycles. The number of ether oxygens (including phenoxy) is 1. The molecule has 2 unspecified atom stereocenters. The first-order valence-electron chi connectivity index (χ1n) is 6.06. The lowest BCUT2D eigenvalue weighted by molar-refractivity contribution is 0.395. The first-order chi connectivity index (χ1) is 9.27. The van der Waals surface area contributed by atoms with Crippen molar-refractivity contribution in [3.8, 4) is 5.75 Å². The molecular formula is C12H17BrCl2N2O3S. The number of hydrogen-bond donors (Lipinski definition) is 1. The van der Waals surface area contributed by atoms with E-state index in [1.54, 1.807) is 6.07 Å². The summed E-state index contributed by atoms with van der Waals surface area (Å²) in [6, 6.07) is 2.84. The average Bonchev–Trinajstić information content (AvgIpc) is 2.69. The topological polar surface area (TPSA) is 72.6 Å². The van der Waals surface area contributed by atoms with E-state index in [-0.39, 0.29) is 35.0 Å². The average molecular weight is 420 g/mol. The van der Waals surface area contributed by atoms with Crippen molar-refractivity contribution in [3.05, 3.63) is 21.6 Å². The van der Waals surface area contributed by atoms with Gasteiger partial charge in [-0.1, -0.05) is 18.5 Å². The minimum Gasteiger partial charge on any atom is -0.494 e. The minimum absolute atomic E-state index is 0. The normalized spacial score (nSPS) is 22.9. The molecule has 1 fully saturated rings. The highest BCUT2D eigenvalue weighted by atomic mass is 79.9. The van der Waals surface area contributed by atoms with Crippen molar-refractivity contribution in [2.45, 2.75) is 17.9 Å². The summed E-state index contributed by atoms with van der Waals surface area (Å²) in [5.74, 6) is 0.376. The maximum Gasteiger partial charge on any atom is 0.246 e. The Morgan fingerprint density at radius 2 is 2.05 bits per heavy atom. The molecule has 0 spiro atoms. The van der Waals surface area contributed by atoms with Gasteiger partial charge in [-0.15, -0.1) is 12.4 Å². The number of benzene rings is 1. The second kappa shape index (κ2) is 7.02. The van der Waals surface area contributed by atoms with Gasteiger partial charge in [0.2, 0.25) is 10.0 Å². The lowest BCUT2D eigenvalue weighted by Crippen LogP contribution is -2.32. The van der Waals surface area contributed by atoms with Crippen molar-refractivity contribution < 1.29 is 13.2 Å². The van der Waals surface area contributed by atoms with Crippen LogP contribution >= 0.6 is 39.9 Å². The number of halogens is 3. The molecule has 1 aliphatic heterocycles. The fourth-order valence-corrected chi connectivity index (χ4v) is 5.16. The molecule has 0 radical (unpaired) electrons. The Bertz CT molecular complexity index is 617.